The average Bonchev–Trinajstić information content (AvgIpc) is 2.70. The summed E-state index contributed by atoms with van der Waals surface area (Å²) in [6.07, 6.45) is 1.56. The fraction of sp³-hybridized carbons (Fsp3) is 0.167. The fourth-order valence-corrected chi connectivity index (χ4v) is 1.48. The molecule has 1 amide bonds. The lowest BCUT2D eigenvalue weighted by Crippen LogP contribution is -2.15. The van der Waals surface area contributed by atoms with Gasteiger partial charge in [0.15, 0.2) is 0 Å². The summed E-state index contributed by atoms with van der Waals surface area (Å²) < 4.78 is 1.49. The Bertz CT molecular complexity index is 561. The lowest BCUT2D eigenvalue weighted by atomic mass is 10.2. The number of anilines is 1. The number of aromatic nitrogens is 2. The van der Waals surface area contributed by atoms with Crippen LogP contribution in [0.3, 0.4) is 0 Å². The van der Waals surface area contributed by atoms with E-state index in [1.165, 1.54) is 10.7 Å². The second-order valence-electron chi connectivity index (χ2n) is 3.80. The van der Waals surface area contributed by atoms with E-state index in [1.807, 2.05) is 0 Å². The average molecular weight is 231 g/mol. The Morgan fingerprint density at radius 1 is 1.41 bits per heavy atom. The standard InChI is InChI=1S/C12H13N3O2/c1-8-3-4-9(7-11(8)16)14-12(17)10-5-6-13-15(10)2/h3-7,16H,1-2H3,(H,14,17). The van der Waals surface area contributed by atoms with E-state index in [2.05, 4.69) is 10.4 Å². The number of phenols is 1. The number of nitrogens with one attached hydrogen (secondary N) is 1. The van der Waals surface area contributed by atoms with Gasteiger partial charge in [-0.2, -0.15) is 5.10 Å². The maximum Gasteiger partial charge on any atom is 0.273 e. The molecule has 0 aliphatic heterocycles. The quantitative estimate of drug-likeness (QED) is 0.826. The van der Waals surface area contributed by atoms with Crippen LogP contribution in [-0.2, 0) is 7.05 Å². The molecule has 0 unspecified atom stereocenters. The summed E-state index contributed by atoms with van der Waals surface area (Å²) in [4.78, 5) is 11.8. The molecule has 0 fully saturated rings. The third kappa shape index (κ3) is 2.28. The van der Waals surface area contributed by atoms with Crippen molar-refractivity contribution >= 4 is 11.6 Å². The van der Waals surface area contributed by atoms with Gasteiger partial charge in [0.05, 0.1) is 0 Å². The van der Waals surface area contributed by atoms with Crippen molar-refractivity contribution in [3.63, 3.8) is 0 Å². The third-order valence-corrected chi connectivity index (χ3v) is 2.52. The minimum absolute atomic E-state index is 0.160. The molecule has 2 N–H and O–H groups in total. The lowest BCUT2D eigenvalue weighted by Gasteiger charge is -2.06. The first-order valence-electron chi connectivity index (χ1n) is 5.17. The van der Waals surface area contributed by atoms with Crippen LogP contribution in [-0.4, -0.2) is 20.8 Å². The highest BCUT2D eigenvalue weighted by atomic mass is 16.3. The van der Waals surface area contributed by atoms with Crippen LogP contribution in [0.15, 0.2) is 30.5 Å². The Hall–Kier alpha value is -2.30. The monoisotopic (exact) mass is 231 g/mol. The smallest absolute Gasteiger partial charge is 0.273 e. The third-order valence-electron chi connectivity index (χ3n) is 2.52. The van der Waals surface area contributed by atoms with Gasteiger partial charge in [-0.3, -0.25) is 9.48 Å². The maximum atomic E-state index is 11.8. The largest absolute Gasteiger partial charge is 0.508 e. The molecule has 0 bridgehead atoms. The molecule has 5 nitrogen and oxygen atoms in total. The van der Waals surface area contributed by atoms with Crippen molar-refractivity contribution in [3.8, 4) is 5.75 Å². The van der Waals surface area contributed by atoms with Gasteiger partial charge in [-0.1, -0.05) is 6.07 Å². The Morgan fingerprint density at radius 2 is 2.18 bits per heavy atom. The second-order valence-corrected chi connectivity index (χ2v) is 3.80. The molecule has 5 heteroatoms. The zero-order chi connectivity index (χ0) is 12.4. The summed E-state index contributed by atoms with van der Waals surface area (Å²) in [6, 6.07) is 6.63. The van der Waals surface area contributed by atoms with Gasteiger partial charge in [0, 0.05) is 25.0 Å². The second kappa shape index (κ2) is 4.29. The molecular formula is C12H13N3O2. The summed E-state index contributed by atoms with van der Waals surface area (Å²) in [5.41, 5.74) is 1.79. The van der Waals surface area contributed by atoms with Crippen LogP contribution in [0.25, 0.3) is 0 Å². The first-order chi connectivity index (χ1) is 8.08. The number of phenolic OH excluding ortho intramolecular Hbond substituents is 1. The lowest BCUT2D eigenvalue weighted by molar-refractivity contribution is 0.101. The van der Waals surface area contributed by atoms with Gasteiger partial charge in [-0.05, 0) is 24.6 Å². The van der Waals surface area contributed by atoms with Crippen molar-refractivity contribution in [1.82, 2.24) is 9.78 Å². The predicted molar refractivity (Wildman–Crippen MR) is 64.0 cm³/mol. The maximum absolute atomic E-state index is 11.8. The van der Waals surface area contributed by atoms with E-state index in [0.29, 0.717) is 11.4 Å². The van der Waals surface area contributed by atoms with E-state index in [9.17, 15) is 9.90 Å². The molecular weight excluding hydrogens is 218 g/mol. The van der Waals surface area contributed by atoms with Crippen LogP contribution in [0, 0.1) is 6.92 Å². The minimum atomic E-state index is -0.256. The molecule has 0 saturated carbocycles. The molecule has 88 valence electrons. The number of nitrogens with zero attached hydrogens (tertiary/aromatic N) is 2. The zero-order valence-corrected chi connectivity index (χ0v) is 9.64. The van der Waals surface area contributed by atoms with Crippen molar-refractivity contribution < 1.29 is 9.90 Å². The van der Waals surface area contributed by atoms with Gasteiger partial charge in [0.1, 0.15) is 11.4 Å². The van der Waals surface area contributed by atoms with E-state index in [0.717, 1.165) is 5.56 Å². The Kier molecular flexibility index (Phi) is 2.82. The van der Waals surface area contributed by atoms with Crippen LogP contribution >= 0.6 is 0 Å². The van der Waals surface area contributed by atoms with Crippen LogP contribution in [0.5, 0.6) is 5.75 Å². The summed E-state index contributed by atoms with van der Waals surface area (Å²) >= 11 is 0. The summed E-state index contributed by atoms with van der Waals surface area (Å²) in [5.74, 6) is -0.0962. The SMILES string of the molecule is Cc1ccc(NC(=O)c2ccnn2C)cc1O. The fourth-order valence-electron chi connectivity index (χ4n) is 1.48. The Balaban J connectivity index is 2.19. The molecule has 2 aromatic rings. The van der Waals surface area contributed by atoms with Gasteiger partial charge < -0.3 is 10.4 Å². The molecule has 2 rings (SSSR count). The molecule has 0 aliphatic carbocycles. The number of carbonyl (C=O) groups is 1. The molecule has 1 heterocycles. The number of rotatable bonds is 2. The predicted octanol–water partition coefficient (Wildman–Crippen LogP) is 1.69. The highest BCUT2D eigenvalue weighted by Crippen LogP contribution is 2.21. The van der Waals surface area contributed by atoms with E-state index in [-0.39, 0.29) is 11.7 Å². The highest BCUT2D eigenvalue weighted by molar-refractivity contribution is 6.03. The Morgan fingerprint density at radius 3 is 2.76 bits per heavy atom. The molecule has 17 heavy (non-hydrogen) atoms. The van der Waals surface area contributed by atoms with Gasteiger partial charge in [-0.25, -0.2) is 0 Å². The first kappa shape index (κ1) is 11.2. The topological polar surface area (TPSA) is 67.2 Å². The zero-order valence-electron chi connectivity index (χ0n) is 9.64. The van der Waals surface area contributed by atoms with Crippen LogP contribution in [0.4, 0.5) is 5.69 Å². The van der Waals surface area contributed by atoms with Crippen molar-refractivity contribution in [2.75, 3.05) is 5.32 Å². The number of amides is 1. The summed E-state index contributed by atoms with van der Waals surface area (Å²) in [5, 5.41) is 16.1. The summed E-state index contributed by atoms with van der Waals surface area (Å²) in [7, 11) is 1.70. The number of benzene rings is 1. The van der Waals surface area contributed by atoms with Crippen LogP contribution in [0.1, 0.15) is 16.1 Å². The number of aryl methyl sites for hydroxylation is 2. The number of hydrogen-bond donors (Lipinski definition) is 2. The van der Waals surface area contributed by atoms with Gasteiger partial charge >= 0.3 is 0 Å². The van der Waals surface area contributed by atoms with Crippen molar-refractivity contribution in [1.29, 1.82) is 0 Å². The van der Waals surface area contributed by atoms with E-state index < -0.39 is 0 Å². The molecule has 0 spiro atoms. The normalized spacial score (nSPS) is 10.2. The molecule has 0 aliphatic rings. The van der Waals surface area contributed by atoms with Crippen molar-refractivity contribution in [3.05, 3.63) is 41.7 Å². The van der Waals surface area contributed by atoms with E-state index >= 15 is 0 Å². The van der Waals surface area contributed by atoms with Crippen LogP contribution < -0.4 is 5.32 Å². The summed E-state index contributed by atoms with van der Waals surface area (Å²) in [6.45, 7) is 1.79. The first-order valence-corrected chi connectivity index (χ1v) is 5.17. The van der Waals surface area contributed by atoms with Gasteiger partial charge in [0.2, 0.25) is 0 Å². The van der Waals surface area contributed by atoms with Crippen molar-refractivity contribution in [2.45, 2.75) is 6.92 Å². The minimum Gasteiger partial charge on any atom is -0.508 e. The van der Waals surface area contributed by atoms with E-state index in [1.54, 1.807) is 38.4 Å². The van der Waals surface area contributed by atoms with Crippen LogP contribution in [0.2, 0.25) is 0 Å². The van der Waals surface area contributed by atoms with Gasteiger partial charge in [-0.15, -0.1) is 0 Å². The van der Waals surface area contributed by atoms with E-state index in [4.69, 9.17) is 0 Å². The van der Waals surface area contributed by atoms with Gasteiger partial charge in [0.25, 0.3) is 5.91 Å². The molecule has 0 radical (unpaired) electrons. The highest BCUT2D eigenvalue weighted by Gasteiger charge is 2.10. The molecule has 1 aromatic heterocycles. The molecule has 1 aromatic carbocycles. The number of hydrogen-bond acceptors (Lipinski definition) is 3. The van der Waals surface area contributed by atoms with Crippen molar-refractivity contribution in [2.24, 2.45) is 7.05 Å². The molecule has 0 saturated heterocycles. The number of carbonyl (C=O) groups excluding carboxylic acids is 1. The number of aromatic hydroxyl groups is 1. The molecule has 0 atom stereocenters. The Labute approximate surface area is 98.7 Å².